The number of carbonyl (C=O) groups is 1. The Labute approximate surface area is 62.8 Å². The Morgan fingerprint density at radius 2 is 2.36 bits per heavy atom. The maximum absolute atomic E-state index is 10.4. The fourth-order valence-corrected chi connectivity index (χ4v) is 0.376. The Morgan fingerprint density at radius 1 is 1.73 bits per heavy atom. The summed E-state index contributed by atoms with van der Waals surface area (Å²) in [5.74, 6) is -0.609. The van der Waals surface area contributed by atoms with E-state index in [1.807, 2.05) is 0 Å². The van der Waals surface area contributed by atoms with Gasteiger partial charge in [0.2, 0.25) is 6.54 Å². The summed E-state index contributed by atoms with van der Waals surface area (Å²) in [6, 6.07) is 0. The summed E-state index contributed by atoms with van der Waals surface area (Å²) < 4.78 is 4.36. The van der Waals surface area contributed by atoms with Gasteiger partial charge in [0, 0.05) is 11.1 Å². The number of nitrogens with zero attached hydrogens (tertiary/aromatic N) is 1. The molecule has 0 aromatic carbocycles. The molecule has 0 heterocycles. The summed E-state index contributed by atoms with van der Waals surface area (Å²) in [5.41, 5.74) is 0. The fraction of sp³-hybridized carbons (Fsp3) is 0.600. The molecule has 62 valence electrons. The maximum Gasteiger partial charge on any atom is 0.311 e. The molecule has 11 heavy (non-hydrogen) atoms. The van der Waals surface area contributed by atoms with Crippen molar-refractivity contribution in [3.8, 4) is 0 Å². The van der Waals surface area contributed by atoms with E-state index in [0.717, 1.165) is 6.21 Å². The van der Waals surface area contributed by atoms with Gasteiger partial charge in [0.15, 0.2) is 6.61 Å². The number of carbonyl (C=O) groups excluding carboxylic acids is 1. The molecule has 0 atom stereocenters. The lowest BCUT2D eigenvalue weighted by Crippen LogP contribution is -2.13. The van der Waals surface area contributed by atoms with E-state index in [9.17, 15) is 14.9 Å². The van der Waals surface area contributed by atoms with Gasteiger partial charge in [0.25, 0.3) is 0 Å². The van der Waals surface area contributed by atoms with Crippen LogP contribution in [0.2, 0.25) is 0 Å². The molecule has 6 heteroatoms. The van der Waals surface area contributed by atoms with Crippen LogP contribution in [-0.2, 0) is 9.53 Å². The van der Waals surface area contributed by atoms with Crippen molar-refractivity contribution in [2.75, 3.05) is 13.2 Å². The number of ether oxygens (including phenoxy) is 1. The SMILES string of the molecule is N=CCC(=O)OCC[N+](=O)[O-]. The van der Waals surface area contributed by atoms with Gasteiger partial charge >= 0.3 is 5.97 Å². The summed E-state index contributed by atoms with van der Waals surface area (Å²) in [4.78, 5) is 19.6. The number of hydrogen-bond acceptors (Lipinski definition) is 5. The highest BCUT2D eigenvalue weighted by atomic mass is 16.6. The molecule has 6 nitrogen and oxygen atoms in total. The van der Waals surface area contributed by atoms with E-state index < -0.39 is 10.9 Å². The van der Waals surface area contributed by atoms with Crippen molar-refractivity contribution in [1.29, 1.82) is 5.41 Å². The van der Waals surface area contributed by atoms with Crippen molar-refractivity contribution < 1.29 is 14.5 Å². The van der Waals surface area contributed by atoms with Crippen molar-refractivity contribution in [2.45, 2.75) is 6.42 Å². The molecule has 0 aromatic rings. The highest BCUT2D eigenvalue weighted by molar-refractivity contribution is 5.84. The minimum absolute atomic E-state index is 0.127. The zero-order chi connectivity index (χ0) is 8.69. The lowest BCUT2D eigenvalue weighted by molar-refractivity contribution is -0.482. The highest BCUT2D eigenvalue weighted by Gasteiger charge is 2.02. The lowest BCUT2D eigenvalue weighted by Gasteiger charge is -1.97. The minimum Gasteiger partial charge on any atom is -0.458 e. The summed E-state index contributed by atoms with van der Waals surface area (Å²) >= 11 is 0. The van der Waals surface area contributed by atoms with Crippen LogP contribution >= 0.6 is 0 Å². The van der Waals surface area contributed by atoms with E-state index in [4.69, 9.17) is 5.41 Å². The van der Waals surface area contributed by atoms with Crippen molar-refractivity contribution in [3.63, 3.8) is 0 Å². The smallest absolute Gasteiger partial charge is 0.311 e. The van der Waals surface area contributed by atoms with E-state index in [1.165, 1.54) is 0 Å². The zero-order valence-corrected chi connectivity index (χ0v) is 5.78. The van der Waals surface area contributed by atoms with Crippen LogP contribution in [0, 0.1) is 15.5 Å². The molecule has 0 spiro atoms. The topological polar surface area (TPSA) is 93.3 Å². The Hall–Kier alpha value is -1.46. The van der Waals surface area contributed by atoms with Crippen molar-refractivity contribution in [1.82, 2.24) is 0 Å². The van der Waals surface area contributed by atoms with Crippen molar-refractivity contribution >= 4 is 12.2 Å². The second kappa shape index (κ2) is 5.33. The lowest BCUT2D eigenvalue weighted by atomic mass is 10.5. The van der Waals surface area contributed by atoms with Gasteiger partial charge in [-0.3, -0.25) is 14.9 Å². The van der Waals surface area contributed by atoms with Crippen LogP contribution in [0.25, 0.3) is 0 Å². The van der Waals surface area contributed by atoms with Gasteiger partial charge in [0.1, 0.15) is 0 Å². The number of nitrogens with one attached hydrogen (secondary N) is 1. The van der Waals surface area contributed by atoms with Crippen LogP contribution in [0.4, 0.5) is 0 Å². The molecule has 0 aliphatic rings. The summed E-state index contributed by atoms with van der Waals surface area (Å²) in [5, 5.41) is 16.2. The Morgan fingerprint density at radius 3 is 2.82 bits per heavy atom. The predicted molar refractivity (Wildman–Crippen MR) is 36.2 cm³/mol. The molecule has 0 radical (unpaired) electrons. The van der Waals surface area contributed by atoms with Crippen molar-refractivity contribution in [3.05, 3.63) is 10.1 Å². The summed E-state index contributed by atoms with van der Waals surface area (Å²) in [7, 11) is 0. The minimum atomic E-state index is -0.609. The second-order valence-electron chi connectivity index (χ2n) is 1.69. The van der Waals surface area contributed by atoms with Gasteiger partial charge in [-0.2, -0.15) is 0 Å². The first-order valence-electron chi connectivity index (χ1n) is 2.93. The number of hydrogen-bond donors (Lipinski definition) is 1. The number of nitro groups is 1. The van der Waals surface area contributed by atoms with E-state index in [2.05, 4.69) is 4.74 Å². The first-order valence-corrected chi connectivity index (χ1v) is 2.93. The second-order valence-corrected chi connectivity index (χ2v) is 1.69. The van der Waals surface area contributed by atoms with Crippen LogP contribution in [0.15, 0.2) is 0 Å². The van der Waals surface area contributed by atoms with Crippen LogP contribution in [-0.4, -0.2) is 30.3 Å². The normalized spacial score (nSPS) is 8.73. The molecule has 0 fully saturated rings. The third-order valence-corrected chi connectivity index (χ3v) is 0.806. The standard InChI is InChI=1S/C5H8N2O4/c6-2-1-5(8)11-4-3-7(9)10/h2,6H,1,3-4H2. The molecular weight excluding hydrogens is 152 g/mol. The van der Waals surface area contributed by atoms with E-state index in [1.54, 1.807) is 0 Å². The summed E-state index contributed by atoms with van der Waals surface area (Å²) in [6.07, 6.45) is 0.756. The molecular formula is C5H8N2O4. The molecule has 0 rings (SSSR count). The third-order valence-electron chi connectivity index (χ3n) is 0.806. The van der Waals surface area contributed by atoms with Crippen LogP contribution < -0.4 is 0 Å². The fourth-order valence-electron chi connectivity index (χ4n) is 0.376. The quantitative estimate of drug-likeness (QED) is 0.262. The molecule has 0 aromatic heterocycles. The molecule has 0 amide bonds. The van der Waals surface area contributed by atoms with Gasteiger partial charge in [-0.05, 0) is 0 Å². The largest absolute Gasteiger partial charge is 0.458 e. The number of esters is 1. The van der Waals surface area contributed by atoms with Gasteiger partial charge in [-0.15, -0.1) is 0 Å². The van der Waals surface area contributed by atoms with Gasteiger partial charge < -0.3 is 10.1 Å². The van der Waals surface area contributed by atoms with Gasteiger partial charge in [-0.25, -0.2) is 0 Å². The van der Waals surface area contributed by atoms with Gasteiger partial charge in [0.05, 0.1) is 6.42 Å². The molecule has 0 saturated heterocycles. The summed E-state index contributed by atoms with van der Waals surface area (Å²) in [6.45, 7) is -0.608. The average Bonchev–Trinajstić information content (AvgIpc) is 1.87. The molecule has 0 unspecified atom stereocenters. The Bertz CT molecular complexity index is 168. The van der Waals surface area contributed by atoms with E-state index in [0.29, 0.717) is 0 Å². The maximum atomic E-state index is 10.4. The Kier molecular flexibility index (Phi) is 4.63. The highest BCUT2D eigenvalue weighted by Crippen LogP contribution is 1.82. The predicted octanol–water partition coefficient (Wildman–Crippen LogP) is -0.154. The van der Waals surface area contributed by atoms with E-state index in [-0.39, 0.29) is 19.6 Å². The molecule has 0 saturated carbocycles. The van der Waals surface area contributed by atoms with Gasteiger partial charge in [-0.1, -0.05) is 0 Å². The zero-order valence-electron chi connectivity index (χ0n) is 5.78. The molecule has 1 N–H and O–H groups in total. The van der Waals surface area contributed by atoms with Crippen LogP contribution in [0.3, 0.4) is 0 Å². The number of rotatable bonds is 5. The van der Waals surface area contributed by atoms with E-state index >= 15 is 0 Å². The molecule has 0 bridgehead atoms. The first-order chi connectivity index (χ1) is 5.16. The molecule has 0 aliphatic heterocycles. The van der Waals surface area contributed by atoms with Crippen molar-refractivity contribution in [2.24, 2.45) is 0 Å². The third kappa shape index (κ3) is 6.42. The van der Waals surface area contributed by atoms with Crippen LogP contribution in [0.1, 0.15) is 6.42 Å². The van der Waals surface area contributed by atoms with Crippen LogP contribution in [0.5, 0.6) is 0 Å². The monoisotopic (exact) mass is 160 g/mol. The Balaban J connectivity index is 3.31. The first kappa shape index (κ1) is 9.54. The molecule has 0 aliphatic carbocycles. The average molecular weight is 160 g/mol.